The number of nitrogens with zero attached hydrogens (tertiary/aromatic N) is 1. The van der Waals surface area contributed by atoms with Crippen molar-refractivity contribution in [2.45, 2.75) is 26.4 Å². The van der Waals surface area contributed by atoms with Gasteiger partial charge in [-0.25, -0.2) is 0 Å². The molecule has 1 aromatic rings. The third kappa shape index (κ3) is 3.60. The van der Waals surface area contributed by atoms with Gasteiger partial charge in [0.1, 0.15) is 0 Å². The van der Waals surface area contributed by atoms with E-state index in [1.54, 1.807) is 17.9 Å². The van der Waals surface area contributed by atoms with Crippen LogP contribution in [0, 0.1) is 0 Å². The van der Waals surface area contributed by atoms with E-state index in [1.165, 1.54) is 0 Å². The third-order valence-corrected chi connectivity index (χ3v) is 3.33. The number of hydrogen-bond acceptors (Lipinski definition) is 2. The summed E-state index contributed by atoms with van der Waals surface area (Å²) in [5, 5.41) is 0.985. The molecule has 0 spiro atoms. The van der Waals surface area contributed by atoms with E-state index in [0.717, 1.165) is 5.56 Å². The lowest BCUT2D eigenvalue weighted by Crippen LogP contribution is -2.41. The molecule has 0 saturated carbocycles. The summed E-state index contributed by atoms with van der Waals surface area (Å²) in [5.41, 5.74) is 6.41. The van der Waals surface area contributed by atoms with Gasteiger partial charge < -0.3 is 10.6 Å². The monoisotopic (exact) mass is 274 g/mol. The minimum Gasteiger partial charge on any atom is -0.337 e. The largest absolute Gasteiger partial charge is 0.337 e. The summed E-state index contributed by atoms with van der Waals surface area (Å²) in [6.45, 7) is 4.59. The second-order valence-corrected chi connectivity index (χ2v) is 4.64. The minimum atomic E-state index is -0.507. The number of nitrogens with two attached hydrogens (primary N) is 1. The first-order valence-electron chi connectivity index (χ1n) is 5.44. The Kier molecular flexibility index (Phi) is 5.25. The van der Waals surface area contributed by atoms with Crippen molar-refractivity contribution in [1.29, 1.82) is 0 Å². The van der Waals surface area contributed by atoms with Gasteiger partial charge in [-0.3, -0.25) is 4.79 Å². The van der Waals surface area contributed by atoms with Gasteiger partial charge in [0.15, 0.2) is 0 Å². The fraction of sp³-hybridized carbons (Fsp3) is 0.417. The van der Waals surface area contributed by atoms with Crippen LogP contribution >= 0.6 is 23.2 Å². The highest BCUT2D eigenvalue weighted by Crippen LogP contribution is 2.26. The van der Waals surface area contributed by atoms with Crippen LogP contribution in [0.4, 0.5) is 0 Å². The van der Waals surface area contributed by atoms with Crippen LogP contribution in [0.2, 0.25) is 10.0 Å². The Labute approximate surface area is 111 Å². The van der Waals surface area contributed by atoms with Gasteiger partial charge >= 0.3 is 0 Å². The van der Waals surface area contributed by atoms with Crippen LogP contribution in [0.3, 0.4) is 0 Å². The Morgan fingerprint density at radius 2 is 2.12 bits per heavy atom. The van der Waals surface area contributed by atoms with Crippen molar-refractivity contribution in [3.63, 3.8) is 0 Å². The topological polar surface area (TPSA) is 46.3 Å². The molecule has 0 aromatic heterocycles. The molecule has 2 N–H and O–H groups in total. The molecule has 5 heteroatoms. The van der Waals surface area contributed by atoms with Crippen molar-refractivity contribution in [2.75, 3.05) is 6.54 Å². The fourth-order valence-corrected chi connectivity index (χ4v) is 1.89. The Bertz CT molecular complexity index is 407. The molecule has 1 amide bonds. The van der Waals surface area contributed by atoms with E-state index in [9.17, 15) is 4.79 Å². The Morgan fingerprint density at radius 3 is 2.65 bits per heavy atom. The van der Waals surface area contributed by atoms with E-state index in [4.69, 9.17) is 28.9 Å². The van der Waals surface area contributed by atoms with Gasteiger partial charge in [0, 0.05) is 13.1 Å². The fourth-order valence-electron chi connectivity index (χ4n) is 1.51. The van der Waals surface area contributed by atoms with Crippen LogP contribution in [0.1, 0.15) is 19.4 Å². The van der Waals surface area contributed by atoms with Crippen LogP contribution in [0.5, 0.6) is 0 Å². The van der Waals surface area contributed by atoms with Crippen LogP contribution in [-0.4, -0.2) is 23.4 Å². The molecule has 0 fully saturated rings. The number of likely N-dealkylation sites (N-methyl/N-ethyl adjacent to an activating group) is 1. The number of rotatable bonds is 4. The van der Waals surface area contributed by atoms with E-state index in [-0.39, 0.29) is 5.91 Å². The zero-order valence-electron chi connectivity index (χ0n) is 9.91. The Morgan fingerprint density at radius 1 is 1.47 bits per heavy atom. The van der Waals surface area contributed by atoms with E-state index in [2.05, 4.69) is 0 Å². The smallest absolute Gasteiger partial charge is 0.239 e. The van der Waals surface area contributed by atoms with Crippen molar-refractivity contribution in [3.8, 4) is 0 Å². The highest BCUT2D eigenvalue weighted by molar-refractivity contribution is 6.42. The third-order valence-electron chi connectivity index (χ3n) is 2.48. The normalized spacial score (nSPS) is 12.3. The summed E-state index contributed by atoms with van der Waals surface area (Å²) in [7, 11) is 0. The standard InChI is InChI=1S/C12H16Cl2N2O/c1-3-16(12(17)8(2)15)7-9-5-4-6-10(13)11(9)14/h4-6,8H,3,7,15H2,1-2H3/t8-/m0/s1. The second-order valence-electron chi connectivity index (χ2n) is 3.85. The Hall–Kier alpha value is -0.770. The lowest BCUT2D eigenvalue weighted by Gasteiger charge is -2.23. The molecule has 17 heavy (non-hydrogen) atoms. The highest BCUT2D eigenvalue weighted by atomic mass is 35.5. The summed E-state index contributed by atoms with van der Waals surface area (Å²) in [4.78, 5) is 13.5. The van der Waals surface area contributed by atoms with Gasteiger partial charge in [-0.1, -0.05) is 35.3 Å². The van der Waals surface area contributed by atoms with Crippen molar-refractivity contribution in [1.82, 2.24) is 4.90 Å². The van der Waals surface area contributed by atoms with E-state index in [0.29, 0.717) is 23.1 Å². The summed E-state index contributed by atoms with van der Waals surface area (Å²) < 4.78 is 0. The van der Waals surface area contributed by atoms with Crippen LogP contribution < -0.4 is 5.73 Å². The number of carbonyl (C=O) groups excluding carboxylic acids is 1. The van der Waals surface area contributed by atoms with E-state index >= 15 is 0 Å². The lowest BCUT2D eigenvalue weighted by atomic mass is 10.2. The number of carbonyl (C=O) groups is 1. The van der Waals surface area contributed by atoms with Crippen molar-refractivity contribution in [2.24, 2.45) is 5.73 Å². The molecule has 0 saturated heterocycles. The van der Waals surface area contributed by atoms with Gasteiger partial charge in [0.05, 0.1) is 16.1 Å². The highest BCUT2D eigenvalue weighted by Gasteiger charge is 2.17. The molecule has 1 rings (SSSR count). The molecule has 3 nitrogen and oxygen atoms in total. The van der Waals surface area contributed by atoms with Gasteiger partial charge in [-0.05, 0) is 25.5 Å². The summed E-state index contributed by atoms with van der Waals surface area (Å²) in [5.74, 6) is -0.0939. The molecule has 0 bridgehead atoms. The molecular weight excluding hydrogens is 259 g/mol. The maximum absolute atomic E-state index is 11.8. The number of halogens is 2. The lowest BCUT2D eigenvalue weighted by molar-refractivity contribution is -0.132. The predicted molar refractivity (Wildman–Crippen MR) is 71.2 cm³/mol. The second kappa shape index (κ2) is 6.24. The molecule has 1 atom stereocenters. The summed E-state index contributed by atoms with van der Waals surface area (Å²) in [6, 6.07) is 4.88. The van der Waals surface area contributed by atoms with Gasteiger partial charge in [0.25, 0.3) is 0 Å². The molecule has 94 valence electrons. The van der Waals surface area contributed by atoms with E-state index in [1.807, 2.05) is 19.1 Å². The molecule has 0 radical (unpaired) electrons. The quantitative estimate of drug-likeness (QED) is 0.918. The molecule has 0 aliphatic heterocycles. The van der Waals surface area contributed by atoms with Crippen LogP contribution in [-0.2, 0) is 11.3 Å². The average molecular weight is 275 g/mol. The molecule has 0 aliphatic carbocycles. The van der Waals surface area contributed by atoms with Crippen molar-refractivity contribution in [3.05, 3.63) is 33.8 Å². The molecule has 0 unspecified atom stereocenters. The first-order valence-corrected chi connectivity index (χ1v) is 6.20. The molecule has 0 heterocycles. The Balaban J connectivity index is 2.88. The van der Waals surface area contributed by atoms with Gasteiger partial charge in [-0.2, -0.15) is 0 Å². The number of hydrogen-bond donors (Lipinski definition) is 1. The number of amides is 1. The zero-order valence-corrected chi connectivity index (χ0v) is 11.4. The van der Waals surface area contributed by atoms with Crippen LogP contribution in [0.25, 0.3) is 0 Å². The molecule has 0 aliphatic rings. The first kappa shape index (κ1) is 14.3. The summed E-state index contributed by atoms with van der Waals surface area (Å²) >= 11 is 12.0. The van der Waals surface area contributed by atoms with Crippen molar-refractivity contribution < 1.29 is 4.79 Å². The SMILES string of the molecule is CCN(Cc1cccc(Cl)c1Cl)C(=O)[C@H](C)N. The zero-order chi connectivity index (χ0) is 13.0. The predicted octanol–water partition coefficient (Wildman–Crippen LogP) is 2.69. The molecule has 1 aromatic carbocycles. The first-order chi connectivity index (χ1) is 7.97. The van der Waals surface area contributed by atoms with Gasteiger partial charge in [-0.15, -0.1) is 0 Å². The maximum atomic E-state index is 11.8. The maximum Gasteiger partial charge on any atom is 0.239 e. The molecular formula is C12H16Cl2N2O. The number of benzene rings is 1. The van der Waals surface area contributed by atoms with E-state index < -0.39 is 6.04 Å². The summed E-state index contributed by atoms with van der Waals surface area (Å²) in [6.07, 6.45) is 0. The van der Waals surface area contributed by atoms with Crippen LogP contribution in [0.15, 0.2) is 18.2 Å². The average Bonchev–Trinajstić information content (AvgIpc) is 2.30. The minimum absolute atomic E-state index is 0.0939. The van der Waals surface area contributed by atoms with Crippen molar-refractivity contribution >= 4 is 29.1 Å². The van der Waals surface area contributed by atoms with Gasteiger partial charge in [0.2, 0.25) is 5.91 Å².